The standard InChI is InChI=1S/C16H11I2NO3S/c1-10-2-4-14(5-3-10)23(20,21)22-15-8-12(17)6-11-7-13(18)9-19-16(11)15/h2-9H,1H3. The van der Waals surface area contributed by atoms with Crippen LogP contribution in [0.5, 0.6) is 5.75 Å². The molecule has 0 saturated carbocycles. The monoisotopic (exact) mass is 551 g/mol. The van der Waals surface area contributed by atoms with Gasteiger partial charge in [0.05, 0.1) is 0 Å². The summed E-state index contributed by atoms with van der Waals surface area (Å²) in [4.78, 5) is 4.44. The highest BCUT2D eigenvalue weighted by molar-refractivity contribution is 14.1. The van der Waals surface area contributed by atoms with E-state index in [0.717, 1.165) is 18.1 Å². The van der Waals surface area contributed by atoms with E-state index in [4.69, 9.17) is 4.18 Å². The number of rotatable bonds is 3. The number of nitrogens with zero attached hydrogens (tertiary/aromatic N) is 1. The van der Waals surface area contributed by atoms with Gasteiger partial charge in [-0.2, -0.15) is 8.42 Å². The third-order valence-corrected chi connectivity index (χ3v) is 5.65. The number of fused-ring (bicyclic) bond motifs is 1. The smallest absolute Gasteiger partial charge is 0.339 e. The second-order valence-electron chi connectivity index (χ2n) is 4.98. The van der Waals surface area contributed by atoms with Crippen molar-refractivity contribution in [3.8, 4) is 5.75 Å². The van der Waals surface area contributed by atoms with Crippen molar-refractivity contribution in [2.45, 2.75) is 11.8 Å². The van der Waals surface area contributed by atoms with Crippen LogP contribution in [-0.4, -0.2) is 13.4 Å². The first kappa shape index (κ1) is 16.9. The fraction of sp³-hybridized carbons (Fsp3) is 0.0625. The fourth-order valence-electron chi connectivity index (χ4n) is 2.09. The molecular weight excluding hydrogens is 540 g/mol. The maximum absolute atomic E-state index is 12.5. The molecule has 3 aromatic rings. The van der Waals surface area contributed by atoms with Crippen LogP contribution in [0.4, 0.5) is 0 Å². The first-order chi connectivity index (χ1) is 10.8. The van der Waals surface area contributed by atoms with Crippen LogP contribution < -0.4 is 4.18 Å². The van der Waals surface area contributed by atoms with Gasteiger partial charge in [0.15, 0.2) is 5.75 Å². The van der Waals surface area contributed by atoms with E-state index in [0.29, 0.717) is 5.52 Å². The van der Waals surface area contributed by atoms with Crippen LogP contribution in [0.25, 0.3) is 10.9 Å². The van der Waals surface area contributed by atoms with Gasteiger partial charge >= 0.3 is 10.1 Å². The molecule has 0 amide bonds. The maximum atomic E-state index is 12.5. The van der Waals surface area contributed by atoms with Gasteiger partial charge < -0.3 is 4.18 Å². The molecule has 0 saturated heterocycles. The lowest BCUT2D eigenvalue weighted by molar-refractivity contribution is 0.488. The molecule has 0 bridgehead atoms. The molecule has 23 heavy (non-hydrogen) atoms. The molecule has 2 aromatic carbocycles. The molecule has 0 atom stereocenters. The quantitative estimate of drug-likeness (QED) is 0.355. The van der Waals surface area contributed by atoms with Crippen molar-refractivity contribution in [1.29, 1.82) is 0 Å². The normalized spacial score (nSPS) is 11.6. The predicted molar refractivity (Wildman–Crippen MR) is 106 cm³/mol. The Bertz CT molecular complexity index is 981. The number of aromatic nitrogens is 1. The lowest BCUT2D eigenvalue weighted by Gasteiger charge is -2.10. The molecular formula is C16H11I2NO3S. The highest BCUT2D eigenvalue weighted by Crippen LogP contribution is 2.30. The minimum Gasteiger partial charge on any atom is -0.377 e. The molecule has 0 radical (unpaired) electrons. The van der Waals surface area contributed by atoms with E-state index < -0.39 is 10.1 Å². The van der Waals surface area contributed by atoms with Crippen molar-refractivity contribution in [1.82, 2.24) is 4.98 Å². The number of pyridine rings is 1. The van der Waals surface area contributed by atoms with E-state index in [1.165, 1.54) is 12.1 Å². The van der Waals surface area contributed by atoms with Crippen LogP contribution >= 0.6 is 45.2 Å². The van der Waals surface area contributed by atoms with Crippen molar-refractivity contribution in [3.63, 3.8) is 0 Å². The molecule has 0 aliphatic heterocycles. The highest BCUT2D eigenvalue weighted by atomic mass is 127. The summed E-state index contributed by atoms with van der Waals surface area (Å²) in [7, 11) is -3.89. The average molecular weight is 551 g/mol. The van der Waals surface area contributed by atoms with E-state index in [2.05, 4.69) is 50.2 Å². The van der Waals surface area contributed by atoms with E-state index >= 15 is 0 Å². The van der Waals surface area contributed by atoms with Crippen LogP contribution in [0.15, 0.2) is 53.6 Å². The number of benzene rings is 2. The van der Waals surface area contributed by atoms with Crippen molar-refractivity contribution in [2.75, 3.05) is 0 Å². The molecule has 3 rings (SSSR count). The Morgan fingerprint density at radius 2 is 1.65 bits per heavy atom. The maximum Gasteiger partial charge on any atom is 0.339 e. The molecule has 0 aliphatic rings. The van der Waals surface area contributed by atoms with E-state index in [9.17, 15) is 8.42 Å². The molecule has 0 unspecified atom stereocenters. The summed E-state index contributed by atoms with van der Waals surface area (Å²) in [5.41, 5.74) is 1.52. The Hall–Kier alpha value is -0.940. The molecule has 0 spiro atoms. The number of hydrogen-bond acceptors (Lipinski definition) is 4. The molecule has 0 N–H and O–H groups in total. The van der Waals surface area contributed by atoms with Crippen LogP contribution in [0.1, 0.15) is 5.56 Å². The van der Waals surface area contributed by atoms with E-state index in [1.54, 1.807) is 24.4 Å². The lowest BCUT2D eigenvalue weighted by Crippen LogP contribution is -2.10. The van der Waals surface area contributed by atoms with Crippen molar-refractivity contribution < 1.29 is 12.6 Å². The number of aryl methyl sites for hydroxylation is 1. The zero-order valence-electron chi connectivity index (χ0n) is 12.0. The third-order valence-electron chi connectivity index (χ3n) is 3.19. The van der Waals surface area contributed by atoms with Gasteiger partial charge in [-0.25, -0.2) is 0 Å². The summed E-state index contributed by atoms with van der Waals surface area (Å²) in [6, 6.07) is 12.1. The highest BCUT2D eigenvalue weighted by Gasteiger charge is 2.19. The lowest BCUT2D eigenvalue weighted by atomic mass is 10.2. The van der Waals surface area contributed by atoms with Crippen molar-refractivity contribution in [2.24, 2.45) is 0 Å². The Kier molecular flexibility index (Phi) is 4.79. The van der Waals surface area contributed by atoms with Crippen LogP contribution in [0, 0.1) is 14.1 Å². The summed E-state index contributed by atoms with van der Waals surface area (Å²) in [6.07, 6.45) is 1.68. The summed E-state index contributed by atoms with van der Waals surface area (Å²) in [6.45, 7) is 1.90. The molecule has 0 aliphatic carbocycles. The first-order valence-electron chi connectivity index (χ1n) is 6.61. The zero-order chi connectivity index (χ0) is 16.6. The molecule has 118 valence electrons. The van der Waals surface area contributed by atoms with Gasteiger partial charge in [0, 0.05) is 18.7 Å². The third kappa shape index (κ3) is 3.77. The van der Waals surface area contributed by atoms with Gasteiger partial charge in [0.25, 0.3) is 0 Å². The van der Waals surface area contributed by atoms with Crippen LogP contribution in [0.2, 0.25) is 0 Å². The minimum atomic E-state index is -3.89. The summed E-state index contributed by atoms with van der Waals surface area (Å²) in [5, 5.41) is 0.845. The second kappa shape index (κ2) is 6.52. The van der Waals surface area contributed by atoms with E-state index in [-0.39, 0.29) is 10.6 Å². The zero-order valence-corrected chi connectivity index (χ0v) is 17.1. The first-order valence-corrected chi connectivity index (χ1v) is 10.2. The predicted octanol–water partition coefficient (Wildman–Crippen LogP) is 4.52. The summed E-state index contributed by atoms with van der Waals surface area (Å²) >= 11 is 4.30. The number of halogens is 2. The van der Waals surface area contributed by atoms with Gasteiger partial charge in [0.2, 0.25) is 0 Å². The minimum absolute atomic E-state index is 0.126. The summed E-state index contributed by atoms with van der Waals surface area (Å²) < 4.78 is 32.2. The van der Waals surface area contributed by atoms with Crippen LogP contribution in [-0.2, 0) is 10.1 Å². The Labute approximate surface area is 161 Å². The largest absolute Gasteiger partial charge is 0.377 e. The SMILES string of the molecule is Cc1ccc(S(=O)(=O)Oc2cc(I)cc3cc(I)cnc23)cc1. The molecule has 1 heterocycles. The fourth-order valence-corrected chi connectivity index (χ4v) is 4.11. The van der Waals surface area contributed by atoms with Gasteiger partial charge in [0.1, 0.15) is 10.4 Å². The average Bonchev–Trinajstić information content (AvgIpc) is 2.46. The number of hydrogen-bond donors (Lipinski definition) is 0. The Morgan fingerprint density at radius 3 is 2.35 bits per heavy atom. The van der Waals surface area contributed by atoms with Gasteiger partial charge in [-0.05, 0) is 82.4 Å². The van der Waals surface area contributed by atoms with Crippen molar-refractivity contribution in [3.05, 3.63) is 61.4 Å². The van der Waals surface area contributed by atoms with Gasteiger partial charge in [-0.3, -0.25) is 4.98 Å². The van der Waals surface area contributed by atoms with E-state index in [1.807, 2.05) is 19.1 Å². The topological polar surface area (TPSA) is 56.3 Å². The second-order valence-corrected chi connectivity index (χ2v) is 9.02. The molecule has 1 aromatic heterocycles. The molecule has 4 nitrogen and oxygen atoms in total. The molecule has 7 heteroatoms. The van der Waals surface area contributed by atoms with Crippen LogP contribution in [0.3, 0.4) is 0 Å². The summed E-state index contributed by atoms with van der Waals surface area (Å²) in [5.74, 6) is 0.240. The van der Waals surface area contributed by atoms with Crippen molar-refractivity contribution >= 4 is 66.2 Å². The van der Waals surface area contributed by atoms with Gasteiger partial charge in [-0.1, -0.05) is 17.7 Å². The van der Waals surface area contributed by atoms with Gasteiger partial charge in [-0.15, -0.1) is 0 Å². The Balaban J connectivity index is 2.09. The molecule has 0 fully saturated rings. The Morgan fingerprint density at radius 1 is 1.00 bits per heavy atom.